The molecular weight excluding hydrogens is 537 g/mol. The SMILES string of the molecule is CN=C(NCCNS(=O)(=O)c1cccs1)N1CCN(c2cccc(OC)c2)CC1.I. The Morgan fingerprint density at radius 1 is 1.17 bits per heavy atom. The quantitative estimate of drug-likeness (QED) is 0.232. The average Bonchev–Trinajstić information content (AvgIpc) is 3.30. The lowest BCUT2D eigenvalue weighted by molar-refractivity contribution is 0.372. The van der Waals surface area contributed by atoms with Crippen molar-refractivity contribution in [2.75, 3.05) is 58.3 Å². The predicted molar refractivity (Wildman–Crippen MR) is 133 cm³/mol. The third-order valence-electron chi connectivity index (χ3n) is 4.67. The third kappa shape index (κ3) is 6.46. The number of benzene rings is 1. The number of ether oxygens (including phenoxy) is 1. The molecule has 1 aromatic carbocycles. The number of anilines is 1. The number of nitrogens with zero attached hydrogens (tertiary/aromatic N) is 3. The first kappa shape index (κ1) is 24.7. The van der Waals surface area contributed by atoms with E-state index in [1.165, 1.54) is 11.3 Å². The lowest BCUT2D eigenvalue weighted by Crippen LogP contribution is -2.53. The molecule has 2 aromatic rings. The summed E-state index contributed by atoms with van der Waals surface area (Å²) >= 11 is 1.21. The van der Waals surface area contributed by atoms with Gasteiger partial charge in [-0.15, -0.1) is 35.3 Å². The van der Waals surface area contributed by atoms with Gasteiger partial charge in [0.15, 0.2) is 5.96 Å². The first-order valence-electron chi connectivity index (χ1n) is 9.41. The molecular formula is C19H28IN5O3S2. The van der Waals surface area contributed by atoms with E-state index in [-0.39, 0.29) is 24.0 Å². The van der Waals surface area contributed by atoms with Crippen LogP contribution in [0.2, 0.25) is 0 Å². The maximum absolute atomic E-state index is 12.1. The maximum atomic E-state index is 12.1. The topological polar surface area (TPSA) is 86.3 Å². The van der Waals surface area contributed by atoms with Gasteiger partial charge in [-0.25, -0.2) is 13.1 Å². The minimum absolute atomic E-state index is 0. The number of piperazine rings is 1. The van der Waals surface area contributed by atoms with Gasteiger partial charge in [-0.3, -0.25) is 4.99 Å². The Morgan fingerprint density at radius 3 is 2.57 bits per heavy atom. The number of hydrogen-bond acceptors (Lipinski definition) is 6. The number of thiophene rings is 1. The Kier molecular flexibility index (Phi) is 9.65. The summed E-state index contributed by atoms with van der Waals surface area (Å²) < 4.78 is 32.5. The highest BCUT2D eigenvalue weighted by Gasteiger charge is 2.20. The van der Waals surface area contributed by atoms with Gasteiger partial charge in [0.05, 0.1) is 7.11 Å². The highest BCUT2D eigenvalue weighted by atomic mass is 127. The third-order valence-corrected chi connectivity index (χ3v) is 7.53. The lowest BCUT2D eigenvalue weighted by atomic mass is 10.2. The molecule has 0 spiro atoms. The van der Waals surface area contributed by atoms with E-state index in [1.54, 1.807) is 31.7 Å². The van der Waals surface area contributed by atoms with E-state index in [0.717, 1.165) is 43.6 Å². The van der Waals surface area contributed by atoms with Gasteiger partial charge in [0.2, 0.25) is 10.0 Å². The Labute approximate surface area is 199 Å². The summed E-state index contributed by atoms with van der Waals surface area (Å²) in [4.78, 5) is 8.84. The molecule has 0 atom stereocenters. The number of hydrogen-bond donors (Lipinski definition) is 2. The largest absolute Gasteiger partial charge is 0.497 e. The van der Waals surface area contributed by atoms with Crippen LogP contribution in [0.25, 0.3) is 0 Å². The molecule has 1 aromatic heterocycles. The van der Waals surface area contributed by atoms with Gasteiger partial charge < -0.3 is 19.9 Å². The molecule has 0 radical (unpaired) electrons. The Balaban J connectivity index is 0.00000320. The van der Waals surface area contributed by atoms with Crippen molar-refractivity contribution in [3.8, 4) is 5.75 Å². The van der Waals surface area contributed by atoms with E-state index in [9.17, 15) is 8.42 Å². The van der Waals surface area contributed by atoms with Crippen molar-refractivity contribution in [1.29, 1.82) is 0 Å². The van der Waals surface area contributed by atoms with Gasteiger partial charge in [-0.1, -0.05) is 12.1 Å². The van der Waals surface area contributed by atoms with Crippen LogP contribution < -0.4 is 19.7 Å². The smallest absolute Gasteiger partial charge is 0.250 e. The number of sulfonamides is 1. The highest BCUT2D eigenvalue weighted by Crippen LogP contribution is 2.22. The summed E-state index contributed by atoms with van der Waals surface area (Å²) in [7, 11) is -0.0155. The molecule has 3 rings (SSSR count). The second-order valence-electron chi connectivity index (χ2n) is 6.48. The zero-order valence-electron chi connectivity index (χ0n) is 17.1. The zero-order valence-corrected chi connectivity index (χ0v) is 21.0. The van der Waals surface area contributed by atoms with Crippen molar-refractivity contribution in [3.05, 3.63) is 41.8 Å². The Morgan fingerprint density at radius 2 is 1.93 bits per heavy atom. The van der Waals surface area contributed by atoms with Gasteiger partial charge in [0, 0.05) is 58.1 Å². The molecule has 8 nitrogen and oxygen atoms in total. The van der Waals surface area contributed by atoms with Crippen molar-refractivity contribution >= 4 is 57.0 Å². The fraction of sp³-hybridized carbons (Fsp3) is 0.421. The van der Waals surface area contributed by atoms with Crippen LogP contribution in [0.1, 0.15) is 0 Å². The van der Waals surface area contributed by atoms with E-state index in [2.05, 4.69) is 30.9 Å². The number of nitrogens with one attached hydrogen (secondary N) is 2. The molecule has 2 N–H and O–H groups in total. The van der Waals surface area contributed by atoms with Gasteiger partial charge in [-0.2, -0.15) is 0 Å². The van der Waals surface area contributed by atoms with E-state index >= 15 is 0 Å². The molecule has 1 saturated heterocycles. The minimum Gasteiger partial charge on any atom is -0.497 e. The summed E-state index contributed by atoms with van der Waals surface area (Å²) in [5.41, 5.74) is 1.15. The number of halogens is 1. The van der Waals surface area contributed by atoms with Crippen LogP contribution >= 0.6 is 35.3 Å². The van der Waals surface area contributed by atoms with Crippen molar-refractivity contribution in [3.63, 3.8) is 0 Å². The fourth-order valence-electron chi connectivity index (χ4n) is 3.16. The number of guanidine groups is 1. The lowest BCUT2D eigenvalue weighted by Gasteiger charge is -2.37. The summed E-state index contributed by atoms with van der Waals surface area (Å²) in [6.45, 7) is 4.17. The zero-order chi connectivity index (χ0) is 20.7. The van der Waals surface area contributed by atoms with Crippen LogP contribution in [-0.2, 0) is 10.0 Å². The van der Waals surface area contributed by atoms with E-state index in [1.807, 2.05) is 18.2 Å². The molecule has 0 saturated carbocycles. The first-order valence-corrected chi connectivity index (χ1v) is 11.8. The van der Waals surface area contributed by atoms with Crippen LogP contribution in [0.3, 0.4) is 0 Å². The van der Waals surface area contributed by atoms with Crippen molar-refractivity contribution in [1.82, 2.24) is 14.9 Å². The number of aliphatic imine (C=N–C) groups is 1. The monoisotopic (exact) mass is 565 g/mol. The second-order valence-corrected chi connectivity index (χ2v) is 9.42. The van der Waals surface area contributed by atoms with Gasteiger partial charge >= 0.3 is 0 Å². The molecule has 11 heteroatoms. The van der Waals surface area contributed by atoms with Crippen LogP contribution in [0.15, 0.2) is 51.0 Å². The predicted octanol–water partition coefficient (Wildman–Crippen LogP) is 2.05. The molecule has 0 aliphatic carbocycles. The normalized spacial score (nSPS) is 14.9. The van der Waals surface area contributed by atoms with Gasteiger partial charge in [0.1, 0.15) is 9.96 Å². The first-order chi connectivity index (χ1) is 14.0. The summed E-state index contributed by atoms with van der Waals surface area (Å²) in [5.74, 6) is 1.64. The number of rotatable bonds is 7. The second kappa shape index (κ2) is 11.7. The molecule has 0 bridgehead atoms. The molecule has 1 aliphatic heterocycles. The molecule has 1 fully saturated rings. The molecule has 1 aliphatic rings. The number of methoxy groups -OCH3 is 1. The molecule has 2 heterocycles. The van der Waals surface area contributed by atoms with E-state index in [0.29, 0.717) is 17.3 Å². The van der Waals surface area contributed by atoms with Crippen LogP contribution in [0.5, 0.6) is 5.75 Å². The summed E-state index contributed by atoms with van der Waals surface area (Å²) in [5, 5.41) is 4.99. The standard InChI is InChI=1S/C19H27N5O3S2.HI/c1-20-19(21-8-9-22-29(25,26)18-7-4-14-28-18)24-12-10-23(11-13-24)16-5-3-6-17(15-16)27-2;/h3-7,14-15,22H,8-13H2,1-2H3,(H,20,21);1H. The highest BCUT2D eigenvalue weighted by molar-refractivity contribution is 14.0. The van der Waals surface area contributed by atoms with E-state index < -0.39 is 10.0 Å². The van der Waals surface area contributed by atoms with Crippen LogP contribution in [0.4, 0.5) is 5.69 Å². The molecule has 166 valence electrons. The fourth-order valence-corrected chi connectivity index (χ4v) is 5.23. The minimum atomic E-state index is -3.43. The van der Waals surface area contributed by atoms with Crippen LogP contribution in [0, 0.1) is 0 Å². The van der Waals surface area contributed by atoms with Gasteiger partial charge in [-0.05, 0) is 23.6 Å². The Bertz CT molecular complexity index is 914. The van der Waals surface area contributed by atoms with Crippen LogP contribution in [-0.4, -0.2) is 72.7 Å². The molecule has 30 heavy (non-hydrogen) atoms. The summed E-state index contributed by atoms with van der Waals surface area (Å²) in [6, 6.07) is 11.4. The maximum Gasteiger partial charge on any atom is 0.250 e. The Hall–Kier alpha value is -1.57. The van der Waals surface area contributed by atoms with Gasteiger partial charge in [0.25, 0.3) is 0 Å². The molecule has 0 amide bonds. The summed E-state index contributed by atoms with van der Waals surface area (Å²) in [6.07, 6.45) is 0. The van der Waals surface area contributed by atoms with Crippen molar-refractivity contribution < 1.29 is 13.2 Å². The van der Waals surface area contributed by atoms with E-state index in [4.69, 9.17) is 4.74 Å². The van der Waals surface area contributed by atoms with Crippen molar-refractivity contribution in [2.45, 2.75) is 4.21 Å². The average molecular weight is 566 g/mol. The van der Waals surface area contributed by atoms with Crippen molar-refractivity contribution in [2.24, 2.45) is 4.99 Å². The molecule has 0 unspecified atom stereocenters.